The van der Waals surface area contributed by atoms with Gasteiger partial charge >= 0.3 is 12.1 Å². The molecule has 0 unspecified atom stereocenters. The van der Waals surface area contributed by atoms with E-state index in [2.05, 4.69) is 5.32 Å². The highest BCUT2D eigenvalue weighted by atomic mass is 16.6. The van der Waals surface area contributed by atoms with Gasteiger partial charge in [-0.1, -0.05) is 0 Å². The predicted octanol–water partition coefficient (Wildman–Crippen LogP) is 0.876. The SMILES string of the molecule is CC(=O)CC(=O)OCC=C(N)CNC(=O)OC(C)(C)C. The molecule has 20 heavy (non-hydrogen) atoms. The van der Waals surface area contributed by atoms with Crippen molar-refractivity contribution >= 4 is 17.8 Å². The van der Waals surface area contributed by atoms with E-state index in [1.165, 1.54) is 13.0 Å². The number of amides is 1. The number of hydrogen-bond donors (Lipinski definition) is 2. The second-order valence-corrected chi connectivity index (χ2v) is 5.20. The minimum atomic E-state index is -0.610. The first-order valence-corrected chi connectivity index (χ1v) is 6.16. The zero-order chi connectivity index (χ0) is 15.8. The summed E-state index contributed by atoms with van der Waals surface area (Å²) in [6, 6.07) is 0. The number of esters is 1. The summed E-state index contributed by atoms with van der Waals surface area (Å²) in [6.07, 6.45) is 0.599. The third-order valence-corrected chi connectivity index (χ3v) is 1.82. The lowest BCUT2D eigenvalue weighted by molar-refractivity contribution is -0.144. The van der Waals surface area contributed by atoms with Crippen LogP contribution in [0.1, 0.15) is 34.1 Å². The molecular formula is C13H22N2O5. The van der Waals surface area contributed by atoms with Crippen LogP contribution in [0.25, 0.3) is 0 Å². The lowest BCUT2D eigenvalue weighted by atomic mass is 10.2. The quantitative estimate of drug-likeness (QED) is 0.554. The first-order valence-electron chi connectivity index (χ1n) is 6.16. The number of carbonyl (C=O) groups is 3. The Labute approximate surface area is 118 Å². The molecule has 0 saturated heterocycles. The van der Waals surface area contributed by atoms with Gasteiger partial charge in [0.2, 0.25) is 0 Å². The normalized spacial score (nSPS) is 11.7. The lowest BCUT2D eigenvalue weighted by Gasteiger charge is -2.19. The smallest absolute Gasteiger partial charge is 0.407 e. The number of ether oxygens (including phenoxy) is 2. The molecule has 7 nitrogen and oxygen atoms in total. The van der Waals surface area contributed by atoms with E-state index >= 15 is 0 Å². The summed E-state index contributed by atoms with van der Waals surface area (Å²) in [6.45, 7) is 6.59. The second-order valence-electron chi connectivity index (χ2n) is 5.20. The zero-order valence-electron chi connectivity index (χ0n) is 12.3. The molecule has 0 radical (unpaired) electrons. The maximum atomic E-state index is 11.3. The number of alkyl carbamates (subject to hydrolysis) is 1. The van der Waals surface area contributed by atoms with E-state index in [1.807, 2.05) is 0 Å². The number of rotatable bonds is 6. The number of ketones is 1. The van der Waals surface area contributed by atoms with Gasteiger partial charge in [-0.2, -0.15) is 0 Å². The molecule has 0 aliphatic carbocycles. The molecule has 0 spiro atoms. The Morgan fingerprint density at radius 1 is 1.25 bits per heavy atom. The van der Waals surface area contributed by atoms with Crippen LogP contribution in [0, 0.1) is 0 Å². The standard InChI is InChI=1S/C13H22N2O5/c1-9(16)7-11(17)19-6-5-10(14)8-15-12(18)20-13(2,3)4/h5H,6-8,14H2,1-4H3,(H,15,18). The highest BCUT2D eigenvalue weighted by molar-refractivity contribution is 5.94. The van der Waals surface area contributed by atoms with Crippen molar-refractivity contribution in [3.63, 3.8) is 0 Å². The van der Waals surface area contributed by atoms with E-state index in [0.717, 1.165) is 0 Å². The zero-order valence-corrected chi connectivity index (χ0v) is 12.3. The minimum Gasteiger partial charge on any atom is -0.461 e. The van der Waals surface area contributed by atoms with Gasteiger partial charge < -0.3 is 20.5 Å². The fourth-order valence-corrected chi connectivity index (χ4v) is 1.06. The number of hydrogen-bond acceptors (Lipinski definition) is 6. The second kappa shape index (κ2) is 8.19. The molecule has 3 N–H and O–H groups in total. The maximum Gasteiger partial charge on any atom is 0.407 e. The summed E-state index contributed by atoms with van der Waals surface area (Å²) in [5.74, 6) is -0.875. The van der Waals surface area contributed by atoms with Crippen molar-refractivity contribution in [1.29, 1.82) is 0 Å². The van der Waals surface area contributed by atoms with Crippen molar-refractivity contribution in [3.8, 4) is 0 Å². The Hall–Kier alpha value is -2.05. The van der Waals surface area contributed by atoms with Gasteiger partial charge in [0.1, 0.15) is 24.4 Å². The molecule has 0 aliphatic heterocycles. The molecule has 114 valence electrons. The molecule has 7 heteroatoms. The summed E-state index contributed by atoms with van der Waals surface area (Å²) >= 11 is 0. The maximum absolute atomic E-state index is 11.3. The van der Waals surface area contributed by atoms with E-state index < -0.39 is 17.7 Å². The van der Waals surface area contributed by atoms with Crippen LogP contribution in [0.3, 0.4) is 0 Å². The van der Waals surface area contributed by atoms with Crippen LogP contribution < -0.4 is 11.1 Å². The third-order valence-electron chi connectivity index (χ3n) is 1.82. The highest BCUT2D eigenvalue weighted by Crippen LogP contribution is 2.06. The molecule has 0 rings (SSSR count). The van der Waals surface area contributed by atoms with Gasteiger partial charge in [-0.25, -0.2) is 4.79 Å². The van der Waals surface area contributed by atoms with Gasteiger partial charge in [0.15, 0.2) is 0 Å². The monoisotopic (exact) mass is 286 g/mol. The molecule has 0 aromatic rings. The van der Waals surface area contributed by atoms with Crippen molar-refractivity contribution in [2.24, 2.45) is 5.73 Å². The Balaban J connectivity index is 3.95. The molecular weight excluding hydrogens is 264 g/mol. The van der Waals surface area contributed by atoms with Gasteiger partial charge in [-0.3, -0.25) is 9.59 Å². The van der Waals surface area contributed by atoms with Crippen LogP contribution >= 0.6 is 0 Å². The van der Waals surface area contributed by atoms with Crippen LogP contribution in [0.2, 0.25) is 0 Å². The summed E-state index contributed by atoms with van der Waals surface area (Å²) in [5.41, 5.74) is 5.35. The molecule has 0 fully saturated rings. The topological polar surface area (TPSA) is 108 Å². The number of nitrogens with two attached hydrogens (primary N) is 1. The molecule has 0 bridgehead atoms. The molecule has 0 atom stereocenters. The molecule has 0 heterocycles. The largest absolute Gasteiger partial charge is 0.461 e. The molecule has 1 amide bonds. The number of nitrogens with one attached hydrogen (secondary N) is 1. The van der Waals surface area contributed by atoms with E-state index in [4.69, 9.17) is 15.2 Å². The summed E-state index contributed by atoms with van der Waals surface area (Å²) in [5, 5.41) is 2.46. The average Bonchev–Trinajstić information content (AvgIpc) is 2.22. The third kappa shape index (κ3) is 11.1. The Bertz CT molecular complexity index is 396. The van der Waals surface area contributed by atoms with Gasteiger partial charge in [-0.05, 0) is 33.8 Å². The summed E-state index contributed by atoms with van der Waals surface area (Å²) in [7, 11) is 0. The predicted molar refractivity (Wildman–Crippen MR) is 72.8 cm³/mol. The molecule has 0 saturated carbocycles. The van der Waals surface area contributed by atoms with Crippen LogP contribution in [0.5, 0.6) is 0 Å². The van der Waals surface area contributed by atoms with E-state index in [1.54, 1.807) is 20.8 Å². The van der Waals surface area contributed by atoms with Crippen molar-refractivity contribution < 1.29 is 23.9 Å². The van der Waals surface area contributed by atoms with E-state index in [0.29, 0.717) is 5.70 Å². The van der Waals surface area contributed by atoms with Crippen LogP contribution in [0.4, 0.5) is 4.79 Å². The Morgan fingerprint density at radius 2 is 1.85 bits per heavy atom. The van der Waals surface area contributed by atoms with Crippen LogP contribution in [-0.4, -0.2) is 36.6 Å². The lowest BCUT2D eigenvalue weighted by Crippen LogP contribution is -2.34. The average molecular weight is 286 g/mol. The van der Waals surface area contributed by atoms with Crippen molar-refractivity contribution in [2.45, 2.75) is 39.7 Å². The molecule has 0 aromatic heterocycles. The summed E-state index contributed by atoms with van der Waals surface area (Å²) in [4.78, 5) is 33.0. The fourth-order valence-electron chi connectivity index (χ4n) is 1.06. The summed E-state index contributed by atoms with van der Waals surface area (Å²) < 4.78 is 9.77. The Morgan fingerprint density at radius 3 is 2.35 bits per heavy atom. The first-order chi connectivity index (χ1) is 9.10. The van der Waals surface area contributed by atoms with Crippen molar-refractivity contribution in [1.82, 2.24) is 5.32 Å². The minimum absolute atomic E-state index is 0.0477. The Kier molecular flexibility index (Phi) is 7.35. The van der Waals surface area contributed by atoms with Gasteiger partial charge in [0.25, 0.3) is 0 Å². The fraction of sp³-hybridized carbons (Fsp3) is 0.615. The van der Waals surface area contributed by atoms with Crippen molar-refractivity contribution in [3.05, 3.63) is 11.8 Å². The van der Waals surface area contributed by atoms with Gasteiger partial charge in [-0.15, -0.1) is 0 Å². The number of Topliss-reactive ketones (excluding diaryl/α,β-unsaturated/α-hetero) is 1. The van der Waals surface area contributed by atoms with Gasteiger partial charge in [0, 0.05) is 5.70 Å². The highest BCUT2D eigenvalue weighted by Gasteiger charge is 2.15. The first kappa shape index (κ1) is 17.9. The number of carbonyl (C=O) groups excluding carboxylic acids is 3. The van der Waals surface area contributed by atoms with E-state index in [9.17, 15) is 14.4 Å². The van der Waals surface area contributed by atoms with Crippen molar-refractivity contribution in [2.75, 3.05) is 13.2 Å². The molecule has 0 aliphatic rings. The molecule has 0 aromatic carbocycles. The van der Waals surface area contributed by atoms with Crippen LogP contribution in [0.15, 0.2) is 11.8 Å². The van der Waals surface area contributed by atoms with E-state index in [-0.39, 0.29) is 25.4 Å². The van der Waals surface area contributed by atoms with Crippen LogP contribution in [-0.2, 0) is 19.1 Å². The van der Waals surface area contributed by atoms with Gasteiger partial charge in [0.05, 0.1) is 6.54 Å².